The highest BCUT2D eigenvalue weighted by Gasteiger charge is 2.26. The summed E-state index contributed by atoms with van der Waals surface area (Å²) in [6, 6.07) is 2.49. The van der Waals surface area contributed by atoms with Gasteiger partial charge < -0.3 is 10.4 Å². The fourth-order valence-electron chi connectivity index (χ4n) is 2.72. The number of nitrogens with one attached hydrogen (secondary N) is 1. The van der Waals surface area contributed by atoms with Gasteiger partial charge in [0.1, 0.15) is 0 Å². The predicted octanol–water partition coefficient (Wildman–Crippen LogP) is 3.90. The number of hydrogen-bond donors (Lipinski definition) is 2. The standard InChI is InChI=1S/C15H19F2NO2/c1-8-3-4-10(7-9(8)2)18-12-6-5-11(15(19)20)13(16)14(12)17/h5-6,8-10,18H,3-4,7H2,1-2H3,(H,19,20). The number of halogens is 2. The van der Waals surface area contributed by atoms with Crippen LogP contribution in [0.3, 0.4) is 0 Å². The summed E-state index contributed by atoms with van der Waals surface area (Å²) in [5, 5.41) is 11.7. The summed E-state index contributed by atoms with van der Waals surface area (Å²) in [5.74, 6) is -2.71. The average molecular weight is 283 g/mol. The zero-order valence-electron chi connectivity index (χ0n) is 11.6. The lowest BCUT2D eigenvalue weighted by Crippen LogP contribution is -2.30. The van der Waals surface area contributed by atoms with Gasteiger partial charge in [-0.1, -0.05) is 13.8 Å². The van der Waals surface area contributed by atoms with Gasteiger partial charge in [-0.05, 0) is 43.2 Å². The van der Waals surface area contributed by atoms with Crippen molar-refractivity contribution in [3.8, 4) is 0 Å². The molecule has 3 atom stereocenters. The van der Waals surface area contributed by atoms with Gasteiger partial charge in [-0.2, -0.15) is 0 Å². The summed E-state index contributed by atoms with van der Waals surface area (Å²) in [5.41, 5.74) is -0.599. The van der Waals surface area contributed by atoms with Crippen LogP contribution in [0.15, 0.2) is 12.1 Å². The molecular formula is C15H19F2NO2. The van der Waals surface area contributed by atoms with E-state index in [0.29, 0.717) is 11.8 Å². The first-order valence-electron chi connectivity index (χ1n) is 6.88. The molecule has 0 heterocycles. The van der Waals surface area contributed by atoms with Crippen molar-refractivity contribution in [2.75, 3.05) is 5.32 Å². The number of anilines is 1. The summed E-state index contributed by atoms with van der Waals surface area (Å²) in [6.45, 7) is 4.35. The Labute approximate surface area is 117 Å². The fourth-order valence-corrected chi connectivity index (χ4v) is 2.72. The van der Waals surface area contributed by atoms with Crippen molar-refractivity contribution in [3.05, 3.63) is 29.3 Å². The number of carbonyl (C=O) groups is 1. The third-order valence-corrected chi connectivity index (χ3v) is 4.27. The van der Waals surface area contributed by atoms with E-state index in [1.807, 2.05) is 0 Å². The molecule has 1 saturated carbocycles. The van der Waals surface area contributed by atoms with Crippen LogP contribution in [0.2, 0.25) is 0 Å². The van der Waals surface area contributed by atoms with Crippen molar-refractivity contribution in [2.24, 2.45) is 11.8 Å². The van der Waals surface area contributed by atoms with Gasteiger partial charge in [-0.15, -0.1) is 0 Å². The number of benzene rings is 1. The summed E-state index contributed by atoms with van der Waals surface area (Å²) in [4.78, 5) is 10.7. The van der Waals surface area contributed by atoms with Gasteiger partial charge in [0.25, 0.3) is 0 Å². The highest BCUT2D eigenvalue weighted by molar-refractivity contribution is 5.88. The molecule has 1 aliphatic rings. The highest BCUT2D eigenvalue weighted by Crippen LogP contribution is 2.32. The lowest BCUT2D eigenvalue weighted by molar-refractivity contribution is 0.0690. The molecule has 110 valence electrons. The second-order valence-corrected chi connectivity index (χ2v) is 5.70. The second kappa shape index (κ2) is 5.77. The Bertz CT molecular complexity index is 519. The molecule has 0 amide bonds. The predicted molar refractivity (Wildman–Crippen MR) is 72.9 cm³/mol. The number of carboxylic acids is 1. The number of carboxylic acid groups (broad SMARTS) is 1. The van der Waals surface area contributed by atoms with Crippen LogP contribution < -0.4 is 5.32 Å². The first kappa shape index (κ1) is 14.8. The molecule has 0 radical (unpaired) electrons. The van der Waals surface area contributed by atoms with E-state index < -0.39 is 23.2 Å². The topological polar surface area (TPSA) is 49.3 Å². The summed E-state index contributed by atoms with van der Waals surface area (Å²) in [7, 11) is 0. The normalized spacial score (nSPS) is 26.3. The van der Waals surface area contributed by atoms with Gasteiger partial charge >= 0.3 is 5.97 Å². The molecule has 3 nitrogen and oxygen atoms in total. The Kier molecular flexibility index (Phi) is 4.26. The van der Waals surface area contributed by atoms with Crippen LogP contribution in [0, 0.1) is 23.5 Å². The van der Waals surface area contributed by atoms with E-state index >= 15 is 0 Å². The van der Waals surface area contributed by atoms with Gasteiger partial charge in [0.2, 0.25) is 0 Å². The van der Waals surface area contributed by atoms with Crippen molar-refractivity contribution in [3.63, 3.8) is 0 Å². The van der Waals surface area contributed by atoms with Gasteiger partial charge in [0.05, 0.1) is 11.3 Å². The molecule has 1 aromatic rings. The minimum absolute atomic E-state index is 0.0410. The molecule has 0 aliphatic heterocycles. The summed E-state index contributed by atoms with van der Waals surface area (Å²) >= 11 is 0. The largest absolute Gasteiger partial charge is 0.478 e. The maximum absolute atomic E-state index is 13.9. The molecule has 2 rings (SSSR count). The first-order valence-corrected chi connectivity index (χ1v) is 6.88. The van der Waals surface area contributed by atoms with Gasteiger partial charge in [0, 0.05) is 6.04 Å². The number of aromatic carboxylic acids is 1. The summed E-state index contributed by atoms with van der Waals surface area (Å²) < 4.78 is 27.5. The summed E-state index contributed by atoms with van der Waals surface area (Å²) in [6.07, 6.45) is 2.87. The van der Waals surface area contributed by atoms with Crippen LogP contribution in [0.5, 0.6) is 0 Å². The Balaban J connectivity index is 2.14. The molecule has 3 unspecified atom stereocenters. The van der Waals surface area contributed by atoms with Crippen LogP contribution in [-0.4, -0.2) is 17.1 Å². The zero-order valence-corrected chi connectivity index (χ0v) is 11.6. The van der Waals surface area contributed by atoms with Crippen molar-refractivity contribution in [1.29, 1.82) is 0 Å². The van der Waals surface area contributed by atoms with E-state index in [-0.39, 0.29) is 11.7 Å². The molecule has 0 bridgehead atoms. The van der Waals surface area contributed by atoms with Crippen LogP contribution in [-0.2, 0) is 0 Å². The van der Waals surface area contributed by atoms with Gasteiger partial charge in [-0.3, -0.25) is 0 Å². The second-order valence-electron chi connectivity index (χ2n) is 5.70. The van der Waals surface area contributed by atoms with E-state index in [9.17, 15) is 13.6 Å². The van der Waals surface area contributed by atoms with Crippen molar-refractivity contribution >= 4 is 11.7 Å². The average Bonchev–Trinajstić information content (AvgIpc) is 2.39. The number of rotatable bonds is 3. The molecule has 1 fully saturated rings. The lowest BCUT2D eigenvalue weighted by atomic mass is 9.79. The van der Waals surface area contributed by atoms with Crippen molar-refractivity contribution in [1.82, 2.24) is 0 Å². The number of hydrogen-bond acceptors (Lipinski definition) is 2. The molecule has 0 spiro atoms. The van der Waals surface area contributed by atoms with Crippen molar-refractivity contribution in [2.45, 2.75) is 39.2 Å². The minimum atomic E-state index is -1.46. The molecule has 5 heteroatoms. The quantitative estimate of drug-likeness (QED) is 0.884. The molecule has 0 saturated heterocycles. The third-order valence-electron chi connectivity index (χ3n) is 4.27. The Morgan fingerprint density at radius 2 is 1.90 bits per heavy atom. The molecule has 1 aromatic carbocycles. The van der Waals surface area contributed by atoms with E-state index in [1.165, 1.54) is 6.07 Å². The molecule has 0 aromatic heterocycles. The van der Waals surface area contributed by atoms with Crippen LogP contribution in [0.1, 0.15) is 43.5 Å². The SMILES string of the molecule is CC1CCC(Nc2ccc(C(=O)O)c(F)c2F)CC1C. The monoisotopic (exact) mass is 283 g/mol. The van der Waals surface area contributed by atoms with E-state index in [4.69, 9.17) is 5.11 Å². The van der Waals surface area contributed by atoms with E-state index in [0.717, 1.165) is 25.3 Å². The van der Waals surface area contributed by atoms with Crippen LogP contribution in [0.25, 0.3) is 0 Å². The molecule has 2 N–H and O–H groups in total. The Hall–Kier alpha value is -1.65. The Morgan fingerprint density at radius 1 is 1.20 bits per heavy atom. The highest BCUT2D eigenvalue weighted by atomic mass is 19.2. The first-order chi connectivity index (χ1) is 9.40. The smallest absolute Gasteiger partial charge is 0.338 e. The minimum Gasteiger partial charge on any atom is -0.478 e. The molecule has 1 aliphatic carbocycles. The van der Waals surface area contributed by atoms with E-state index in [2.05, 4.69) is 19.2 Å². The molecular weight excluding hydrogens is 264 g/mol. The maximum Gasteiger partial charge on any atom is 0.338 e. The zero-order chi connectivity index (χ0) is 14.9. The van der Waals surface area contributed by atoms with Crippen LogP contribution in [0.4, 0.5) is 14.5 Å². The van der Waals surface area contributed by atoms with Gasteiger partial charge in [0.15, 0.2) is 11.6 Å². The maximum atomic E-state index is 13.9. The van der Waals surface area contributed by atoms with Crippen molar-refractivity contribution < 1.29 is 18.7 Å². The third kappa shape index (κ3) is 2.92. The van der Waals surface area contributed by atoms with E-state index in [1.54, 1.807) is 0 Å². The lowest BCUT2D eigenvalue weighted by Gasteiger charge is -2.33. The van der Waals surface area contributed by atoms with Crippen LogP contribution >= 0.6 is 0 Å². The molecule has 20 heavy (non-hydrogen) atoms. The Morgan fingerprint density at radius 3 is 2.50 bits per heavy atom. The van der Waals surface area contributed by atoms with Gasteiger partial charge in [-0.25, -0.2) is 13.6 Å². The fraction of sp³-hybridized carbons (Fsp3) is 0.533.